The third-order valence-corrected chi connectivity index (χ3v) is 1.67. The van der Waals surface area contributed by atoms with Crippen LogP contribution in [0, 0.1) is 6.92 Å². The van der Waals surface area contributed by atoms with Gasteiger partial charge in [0.1, 0.15) is 11.6 Å². The topological polar surface area (TPSA) is 57.4 Å². The molecule has 0 radical (unpaired) electrons. The van der Waals surface area contributed by atoms with Crippen LogP contribution in [0.5, 0.6) is 11.6 Å². The summed E-state index contributed by atoms with van der Waals surface area (Å²) < 4.78 is 9.99. The average molecular weight is 168 g/mol. The Balaban J connectivity index is 3.19. The highest BCUT2D eigenvalue weighted by atomic mass is 16.5. The van der Waals surface area contributed by atoms with Gasteiger partial charge in [-0.3, -0.25) is 0 Å². The van der Waals surface area contributed by atoms with Gasteiger partial charge in [-0.1, -0.05) is 0 Å². The average Bonchev–Trinajstić information content (AvgIpc) is 2.09. The van der Waals surface area contributed by atoms with E-state index in [2.05, 4.69) is 4.98 Å². The number of rotatable bonds is 2. The van der Waals surface area contributed by atoms with Crippen molar-refractivity contribution in [1.29, 1.82) is 0 Å². The van der Waals surface area contributed by atoms with Gasteiger partial charge in [-0.05, 0) is 6.92 Å². The summed E-state index contributed by atoms with van der Waals surface area (Å²) in [6, 6.07) is 1.70. The molecule has 0 spiro atoms. The van der Waals surface area contributed by atoms with Crippen molar-refractivity contribution in [3.05, 3.63) is 11.6 Å². The summed E-state index contributed by atoms with van der Waals surface area (Å²) in [6.45, 7) is 1.85. The number of nitrogens with two attached hydrogens (primary N) is 1. The predicted octanol–water partition coefficient (Wildman–Crippen LogP) is 0.989. The van der Waals surface area contributed by atoms with Gasteiger partial charge < -0.3 is 15.2 Å². The first-order valence-corrected chi connectivity index (χ1v) is 3.54. The van der Waals surface area contributed by atoms with E-state index in [0.717, 1.165) is 5.56 Å². The minimum absolute atomic E-state index is 0.436. The Bertz CT molecular complexity index is 287. The number of methoxy groups -OCH3 is 2. The smallest absolute Gasteiger partial charge is 0.218 e. The van der Waals surface area contributed by atoms with Crippen molar-refractivity contribution in [2.24, 2.45) is 0 Å². The Morgan fingerprint density at radius 1 is 1.33 bits per heavy atom. The number of aromatic nitrogens is 1. The largest absolute Gasteiger partial charge is 0.496 e. The van der Waals surface area contributed by atoms with Crippen LogP contribution in [0.2, 0.25) is 0 Å². The van der Waals surface area contributed by atoms with Gasteiger partial charge in [-0.25, -0.2) is 0 Å². The summed E-state index contributed by atoms with van der Waals surface area (Å²) in [5, 5.41) is 0. The zero-order chi connectivity index (χ0) is 9.14. The van der Waals surface area contributed by atoms with E-state index >= 15 is 0 Å². The molecule has 0 saturated carbocycles. The molecule has 0 unspecified atom stereocenters. The third-order valence-electron chi connectivity index (χ3n) is 1.67. The maximum absolute atomic E-state index is 5.60. The molecule has 0 amide bonds. The molecule has 1 aromatic rings. The lowest BCUT2D eigenvalue weighted by atomic mass is 10.2. The fourth-order valence-corrected chi connectivity index (χ4v) is 0.898. The van der Waals surface area contributed by atoms with E-state index in [1.807, 2.05) is 6.92 Å². The standard InChI is InChI=1S/C8H12N2O2/c1-5-6(11-2)4-7(12-3)10-8(5)9/h4H,1-3H3,(H2,9,10). The number of anilines is 1. The lowest BCUT2D eigenvalue weighted by molar-refractivity contribution is 0.381. The van der Waals surface area contributed by atoms with Gasteiger partial charge in [0.2, 0.25) is 5.88 Å². The fourth-order valence-electron chi connectivity index (χ4n) is 0.898. The Kier molecular flexibility index (Phi) is 2.38. The van der Waals surface area contributed by atoms with E-state index in [4.69, 9.17) is 15.2 Å². The Morgan fingerprint density at radius 3 is 2.50 bits per heavy atom. The quantitative estimate of drug-likeness (QED) is 0.715. The molecule has 0 aliphatic rings. The van der Waals surface area contributed by atoms with E-state index in [9.17, 15) is 0 Å². The van der Waals surface area contributed by atoms with Crippen LogP contribution in [0.25, 0.3) is 0 Å². The molecule has 0 aliphatic heterocycles. The Morgan fingerprint density at radius 2 is 2.00 bits per heavy atom. The van der Waals surface area contributed by atoms with Crippen molar-refractivity contribution in [3.8, 4) is 11.6 Å². The van der Waals surface area contributed by atoms with Gasteiger partial charge in [0.15, 0.2) is 0 Å². The first-order valence-electron chi connectivity index (χ1n) is 3.54. The Hall–Kier alpha value is -1.45. The van der Waals surface area contributed by atoms with Crippen LogP contribution in [-0.2, 0) is 0 Å². The zero-order valence-electron chi connectivity index (χ0n) is 7.42. The fraction of sp³-hybridized carbons (Fsp3) is 0.375. The maximum Gasteiger partial charge on any atom is 0.218 e. The van der Waals surface area contributed by atoms with Crippen LogP contribution in [-0.4, -0.2) is 19.2 Å². The molecule has 66 valence electrons. The molecule has 0 aromatic carbocycles. The number of hydrogen-bond donors (Lipinski definition) is 1. The highest BCUT2D eigenvalue weighted by Gasteiger charge is 2.06. The lowest BCUT2D eigenvalue weighted by Crippen LogP contribution is -1.99. The summed E-state index contributed by atoms with van der Waals surface area (Å²) >= 11 is 0. The lowest BCUT2D eigenvalue weighted by Gasteiger charge is -2.08. The first-order chi connectivity index (χ1) is 5.69. The summed E-state index contributed by atoms with van der Waals surface area (Å²) in [5.74, 6) is 1.60. The molecule has 1 aromatic heterocycles. The summed E-state index contributed by atoms with van der Waals surface area (Å²) in [4.78, 5) is 3.98. The molecule has 0 bridgehead atoms. The molecule has 1 heterocycles. The van der Waals surface area contributed by atoms with E-state index in [-0.39, 0.29) is 0 Å². The van der Waals surface area contributed by atoms with Crippen LogP contribution in [0.4, 0.5) is 5.82 Å². The molecule has 4 nitrogen and oxygen atoms in total. The van der Waals surface area contributed by atoms with Crippen LogP contribution >= 0.6 is 0 Å². The zero-order valence-corrected chi connectivity index (χ0v) is 7.42. The molecule has 2 N–H and O–H groups in total. The second-order valence-corrected chi connectivity index (χ2v) is 2.38. The molecule has 12 heavy (non-hydrogen) atoms. The van der Waals surface area contributed by atoms with Crippen molar-refractivity contribution in [1.82, 2.24) is 4.98 Å². The SMILES string of the molecule is COc1cc(OC)c(C)c(N)n1. The van der Waals surface area contributed by atoms with Crippen LogP contribution in [0.1, 0.15) is 5.56 Å². The molecule has 0 atom stereocenters. The predicted molar refractivity (Wildman–Crippen MR) is 46.5 cm³/mol. The first kappa shape index (κ1) is 8.64. The summed E-state index contributed by atoms with van der Waals surface area (Å²) in [7, 11) is 3.12. The van der Waals surface area contributed by atoms with Gasteiger partial charge in [0, 0.05) is 11.6 Å². The van der Waals surface area contributed by atoms with Crippen LogP contribution in [0.3, 0.4) is 0 Å². The van der Waals surface area contributed by atoms with Crippen molar-refractivity contribution in [2.75, 3.05) is 20.0 Å². The third kappa shape index (κ3) is 1.42. The number of nitrogen functional groups attached to an aromatic ring is 1. The molecular weight excluding hydrogens is 156 g/mol. The molecule has 1 rings (SSSR count). The highest BCUT2D eigenvalue weighted by Crippen LogP contribution is 2.25. The normalized spacial score (nSPS) is 9.58. The van der Waals surface area contributed by atoms with E-state index in [1.54, 1.807) is 13.2 Å². The molecule has 0 aliphatic carbocycles. The Labute approximate surface area is 71.3 Å². The van der Waals surface area contributed by atoms with Crippen LogP contribution in [0.15, 0.2) is 6.07 Å². The molecule has 0 fully saturated rings. The van der Waals surface area contributed by atoms with E-state index in [0.29, 0.717) is 17.4 Å². The van der Waals surface area contributed by atoms with E-state index < -0.39 is 0 Å². The molecule has 4 heteroatoms. The second kappa shape index (κ2) is 3.30. The highest BCUT2D eigenvalue weighted by molar-refractivity contribution is 5.50. The van der Waals surface area contributed by atoms with Crippen molar-refractivity contribution < 1.29 is 9.47 Å². The minimum Gasteiger partial charge on any atom is -0.496 e. The minimum atomic E-state index is 0.436. The number of pyridine rings is 1. The van der Waals surface area contributed by atoms with Crippen molar-refractivity contribution in [3.63, 3.8) is 0 Å². The summed E-state index contributed by atoms with van der Waals surface area (Å²) in [6.07, 6.45) is 0. The maximum atomic E-state index is 5.60. The summed E-state index contributed by atoms with van der Waals surface area (Å²) in [5.41, 5.74) is 6.43. The number of nitrogens with zero attached hydrogens (tertiary/aromatic N) is 1. The van der Waals surface area contributed by atoms with Gasteiger partial charge >= 0.3 is 0 Å². The van der Waals surface area contributed by atoms with Gasteiger partial charge in [-0.15, -0.1) is 0 Å². The van der Waals surface area contributed by atoms with Crippen molar-refractivity contribution >= 4 is 5.82 Å². The molecular formula is C8H12N2O2. The van der Waals surface area contributed by atoms with Gasteiger partial charge in [-0.2, -0.15) is 4.98 Å². The molecule has 0 saturated heterocycles. The van der Waals surface area contributed by atoms with Gasteiger partial charge in [0.25, 0.3) is 0 Å². The van der Waals surface area contributed by atoms with E-state index in [1.165, 1.54) is 7.11 Å². The number of ether oxygens (including phenoxy) is 2. The monoisotopic (exact) mass is 168 g/mol. The van der Waals surface area contributed by atoms with Gasteiger partial charge in [0.05, 0.1) is 14.2 Å². The van der Waals surface area contributed by atoms with Crippen LogP contribution < -0.4 is 15.2 Å². The van der Waals surface area contributed by atoms with Crippen molar-refractivity contribution in [2.45, 2.75) is 6.92 Å². The number of hydrogen-bond acceptors (Lipinski definition) is 4. The second-order valence-electron chi connectivity index (χ2n) is 2.38.